The Kier molecular flexibility index (Phi) is 17.6. The van der Waals surface area contributed by atoms with E-state index in [-0.39, 0.29) is 114 Å². The summed E-state index contributed by atoms with van der Waals surface area (Å²) in [5, 5.41) is 9.26. The Hall–Kier alpha value is -8.16. The van der Waals surface area contributed by atoms with Crippen molar-refractivity contribution in [1.29, 1.82) is 0 Å². The molecule has 4 aromatic heterocycles. The second kappa shape index (κ2) is 24.1. The molecule has 4 heterocycles. The van der Waals surface area contributed by atoms with Crippen molar-refractivity contribution in [2.75, 3.05) is 10.6 Å². The molecule has 0 radical (unpaired) electrons. The van der Waals surface area contributed by atoms with Gasteiger partial charge in [-0.1, -0.05) is 35.4 Å². The normalized spacial score (nSPS) is 17.4. The predicted octanol–water partition coefficient (Wildman–Crippen LogP) is 12.3. The zero-order chi connectivity index (χ0) is 58.1. The number of hydrogen-bond donors (Lipinski definition) is 4. The first-order valence-corrected chi connectivity index (χ1v) is 28.7. The van der Waals surface area contributed by atoms with Crippen LogP contribution < -0.4 is 21.7 Å². The number of anilines is 2. The Morgan fingerprint density at radius 2 is 1.06 bits per heavy atom. The molecule has 0 unspecified atom stereocenters. The number of halogens is 5. The van der Waals surface area contributed by atoms with Gasteiger partial charge in [-0.2, -0.15) is 0 Å². The Morgan fingerprint density at radius 3 is 1.48 bits per heavy atom. The number of hydrogen-bond acceptors (Lipinski definition) is 13. The summed E-state index contributed by atoms with van der Waals surface area (Å²) in [4.78, 5) is 35.7. The van der Waals surface area contributed by atoms with Gasteiger partial charge >= 0.3 is 6.09 Å². The molecule has 4 atom stereocenters. The summed E-state index contributed by atoms with van der Waals surface area (Å²) >= 11 is 0. The average molecular weight is 1180 g/mol. The molecule has 0 saturated heterocycles. The Bertz CT molecular complexity index is 4050. The second-order valence-corrected chi connectivity index (χ2v) is 24.7. The van der Waals surface area contributed by atoms with Gasteiger partial charge in [-0.3, -0.25) is 0 Å². The highest BCUT2D eigenvalue weighted by atomic mass is 35.5. The van der Waals surface area contributed by atoms with E-state index in [1.807, 2.05) is 13.8 Å². The van der Waals surface area contributed by atoms with Gasteiger partial charge in [0.15, 0.2) is 46.3 Å². The molecular weight excluding hydrogens is 1120 g/mol. The molecule has 10 rings (SSSR count). The molecule has 2 aliphatic carbocycles. The summed E-state index contributed by atoms with van der Waals surface area (Å²) < 4.78 is 122. The van der Waals surface area contributed by atoms with Gasteiger partial charge in [0.25, 0.3) is 20.0 Å². The molecule has 0 spiro atoms. The van der Waals surface area contributed by atoms with Gasteiger partial charge in [-0.05, 0) is 135 Å². The number of benzene rings is 4. The highest BCUT2D eigenvalue weighted by molar-refractivity contribution is 7.90. The van der Waals surface area contributed by atoms with Crippen molar-refractivity contribution in [3.8, 4) is 22.8 Å². The standard InChI is InChI=1S/C31H32F2N6O4S.C26H24F2N6O2S.ClH/c1-18-9-11-22(12-10-18)44(41,42)39-17-24(23-14-21(34-5)15-25(32)27(23)39)28-35-16-26(33)29(38-28)36-19-7-6-8-20(13-19)37-30(40)43-31(2,3)4;1-15-6-8-19(9-7-15)37(35,36)34-14-21(20-11-18(30-2)12-22(27)24(20)34)25-31-13-23(28)26(33-25)32-17-5-3-4-16(29)10-17;/h9-12,14-17,19-20H,6-8,13H2,1-4H3,(H,37,40)(H,35,36,38);6-9,11-14,16-17H,3-5,10,29H2,1H3,(H,31,32,33);1H/t19-,20+;16-,17+;/m01./s1. The number of carbonyl (C=O) groups is 1. The van der Waals surface area contributed by atoms with Crippen LogP contribution in [0.3, 0.4) is 0 Å². The van der Waals surface area contributed by atoms with Gasteiger partial charge in [0.1, 0.15) is 17.2 Å². The third-order valence-corrected chi connectivity index (χ3v) is 17.1. The van der Waals surface area contributed by atoms with Crippen LogP contribution in [0.25, 0.3) is 54.3 Å². The molecule has 0 aliphatic heterocycles. The van der Waals surface area contributed by atoms with Gasteiger partial charge in [-0.25, -0.2) is 76.8 Å². The second-order valence-electron chi connectivity index (χ2n) is 21.1. The maximum absolute atomic E-state index is 15.4. The summed E-state index contributed by atoms with van der Waals surface area (Å²) in [6.45, 7) is 23.7. The zero-order valence-electron chi connectivity index (χ0n) is 45.0. The first-order chi connectivity index (χ1) is 38.4. The summed E-state index contributed by atoms with van der Waals surface area (Å²) in [6.07, 6.45) is 9.77. The lowest BCUT2D eigenvalue weighted by Gasteiger charge is -2.31. The minimum absolute atomic E-state index is 0. The first kappa shape index (κ1) is 59.9. The van der Waals surface area contributed by atoms with E-state index in [9.17, 15) is 26.0 Å². The summed E-state index contributed by atoms with van der Waals surface area (Å²) in [7, 11) is -8.49. The maximum Gasteiger partial charge on any atom is 0.407 e. The Labute approximate surface area is 477 Å². The van der Waals surface area contributed by atoms with Crippen molar-refractivity contribution in [1.82, 2.24) is 33.2 Å². The minimum atomic E-state index is -4.27. The van der Waals surface area contributed by atoms with Crippen molar-refractivity contribution < 1.29 is 43.9 Å². The van der Waals surface area contributed by atoms with Crippen LogP contribution in [0.5, 0.6) is 0 Å². The molecule has 8 aromatic rings. The van der Waals surface area contributed by atoms with Crippen LogP contribution in [-0.4, -0.2) is 80.6 Å². The van der Waals surface area contributed by atoms with Crippen LogP contribution in [-0.2, 0) is 24.8 Å². The van der Waals surface area contributed by atoms with Crippen molar-refractivity contribution in [2.45, 2.75) is 126 Å². The Balaban J connectivity index is 0.000000215. The largest absolute Gasteiger partial charge is 0.444 e. The number of rotatable bonds is 11. The lowest BCUT2D eigenvalue weighted by molar-refractivity contribution is 0.0491. The lowest BCUT2D eigenvalue weighted by atomic mass is 9.91. The lowest BCUT2D eigenvalue weighted by Crippen LogP contribution is -2.44. The average Bonchev–Trinajstić information content (AvgIpc) is 2.35. The van der Waals surface area contributed by atoms with E-state index in [1.54, 1.807) is 45.0 Å². The number of aromatic nitrogens is 6. The topological polar surface area (TPSA) is 227 Å². The third kappa shape index (κ3) is 13.0. The van der Waals surface area contributed by atoms with Crippen LogP contribution in [0.4, 0.5) is 45.4 Å². The molecule has 18 nitrogen and oxygen atoms in total. The number of carbonyl (C=O) groups excluding carboxylic acids is 1. The highest BCUT2D eigenvalue weighted by Crippen LogP contribution is 2.39. The van der Waals surface area contributed by atoms with Crippen molar-refractivity contribution in [2.24, 2.45) is 5.73 Å². The summed E-state index contributed by atoms with van der Waals surface area (Å²) in [5.74, 6) is -3.45. The van der Waals surface area contributed by atoms with Crippen LogP contribution in [0.2, 0.25) is 0 Å². The van der Waals surface area contributed by atoms with Gasteiger partial charge in [0.2, 0.25) is 0 Å². The van der Waals surface area contributed by atoms with E-state index in [2.05, 4.69) is 45.6 Å². The predicted molar refractivity (Wildman–Crippen MR) is 306 cm³/mol. The molecule has 82 heavy (non-hydrogen) atoms. The molecule has 2 aliphatic rings. The quantitative estimate of drug-likeness (QED) is 0.0699. The van der Waals surface area contributed by atoms with E-state index in [0.29, 0.717) is 19.3 Å². The van der Waals surface area contributed by atoms with Crippen molar-refractivity contribution in [3.63, 3.8) is 0 Å². The molecule has 4 aromatic carbocycles. The van der Waals surface area contributed by atoms with Crippen LogP contribution in [0, 0.1) is 50.3 Å². The van der Waals surface area contributed by atoms with E-state index in [4.69, 9.17) is 23.6 Å². The number of alkyl carbamates (subject to hydrolysis) is 1. The number of amides is 1. The molecule has 0 bridgehead atoms. The van der Waals surface area contributed by atoms with Gasteiger partial charge in [0, 0.05) is 58.5 Å². The molecular formula is C57H57ClF4N12O6S2. The number of fused-ring (bicyclic) bond motifs is 2. The molecule has 5 N–H and O–H groups in total. The molecule has 2 fully saturated rings. The van der Waals surface area contributed by atoms with Gasteiger partial charge < -0.3 is 26.4 Å². The number of nitrogens with one attached hydrogen (secondary N) is 3. The minimum Gasteiger partial charge on any atom is -0.444 e. The van der Waals surface area contributed by atoms with Crippen LogP contribution >= 0.6 is 12.4 Å². The molecule has 428 valence electrons. The van der Waals surface area contributed by atoms with Crippen LogP contribution in [0.15, 0.2) is 107 Å². The summed E-state index contributed by atoms with van der Waals surface area (Å²) in [6, 6.07) is 16.4. The fraction of sp³-hybridized carbons (Fsp3) is 0.316. The van der Waals surface area contributed by atoms with Gasteiger partial charge in [0.05, 0.1) is 46.4 Å². The van der Waals surface area contributed by atoms with Crippen molar-refractivity contribution in [3.05, 3.63) is 155 Å². The maximum atomic E-state index is 15.4. The Morgan fingerprint density at radius 1 is 0.646 bits per heavy atom. The van der Waals surface area contributed by atoms with Gasteiger partial charge in [-0.15, -0.1) is 12.4 Å². The molecule has 1 amide bonds. The fourth-order valence-electron chi connectivity index (χ4n) is 9.91. The smallest absolute Gasteiger partial charge is 0.407 e. The monoisotopic (exact) mass is 1180 g/mol. The van der Waals surface area contributed by atoms with E-state index >= 15 is 13.2 Å². The SMILES string of the molecule is Cl.[C-]#[N+]c1cc(F)c2c(c1)c(-c1ncc(F)c(N[C@H]3CCC[C@@H](N)C3)n1)cn2S(=O)(=O)c1ccc(C)cc1.[C-]#[N+]c1cc(F)c2c(c1)c(-c1ncc(F)c(N[C@H]3CCC[C@@H](NC(=O)OC(C)(C)C)C3)n1)cn2S(=O)(=O)c1ccc(C)cc1. The fourth-order valence-corrected chi connectivity index (χ4v) is 12.7. The number of nitrogens with zero attached hydrogens (tertiary/aromatic N) is 8. The zero-order valence-corrected chi connectivity index (χ0v) is 47.5. The summed E-state index contributed by atoms with van der Waals surface area (Å²) in [5.41, 5.74) is 6.79. The van der Waals surface area contributed by atoms with Crippen LogP contribution in [0.1, 0.15) is 83.3 Å². The van der Waals surface area contributed by atoms with Crippen molar-refractivity contribution >= 4 is 83.4 Å². The number of nitrogens with two attached hydrogens (primary N) is 1. The molecule has 25 heteroatoms. The number of ether oxygens (including phenoxy) is 1. The first-order valence-electron chi connectivity index (χ1n) is 25.8. The van der Waals surface area contributed by atoms with E-state index in [0.717, 1.165) is 75.7 Å². The third-order valence-electron chi connectivity index (χ3n) is 13.8. The molecule has 2 saturated carbocycles. The van der Waals surface area contributed by atoms with E-state index in [1.165, 1.54) is 48.8 Å². The number of aryl methyl sites for hydroxylation is 2. The van der Waals surface area contributed by atoms with E-state index < -0.39 is 55.0 Å². The highest BCUT2D eigenvalue weighted by Gasteiger charge is 2.31.